The minimum Gasteiger partial charge on any atom is -0.497 e. The first-order valence-electron chi connectivity index (χ1n) is 6.70. The van der Waals surface area contributed by atoms with Gasteiger partial charge in [-0.15, -0.1) is 0 Å². The van der Waals surface area contributed by atoms with Crippen molar-refractivity contribution in [2.75, 3.05) is 12.4 Å². The van der Waals surface area contributed by atoms with Gasteiger partial charge in [0, 0.05) is 23.4 Å². The SMILES string of the molecule is COc1cccc(NC(=S)N/N=C2/CC3CC=CC23)c1. The van der Waals surface area contributed by atoms with Crippen molar-refractivity contribution in [2.24, 2.45) is 16.9 Å². The van der Waals surface area contributed by atoms with Crippen LogP contribution in [0.15, 0.2) is 41.5 Å². The van der Waals surface area contributed by atoms with Gasteiger partial charge >= 0.3 is 0 Å². The Kier molecular flexibility index (Phi) is 3.69. The molecular formula is C15H17N3OS. The lowest BCUT2D eigenvalue weighted by Gasteiger charge is -2.31. The maximum absolute atomic E-state index is 5.24. The highest BCUT2D eigenvalue weighted by atomic mass is 32.1. The lowest BCUT2D eigenvalue weighted by molar-refractivity contribution is 0.415. The number of hydrogen-bond donors (Lipinski definition) is 2. The van der Waals surface area contributed by atoms with E-state index in [-0.39, 0.29) is 0 Å². The molecule has 0 bridgehead atoms. The van der Waals surface area contributed by atoms with Crippen LogP contribution in [0.2, 0.25) is 0 Å². The molecule has 1 saturated carbocycles. The van der Waals surface area contributed by atoms with Crippen molar-refractivity contribution in [3.05, 3.63) is 36.4 Å². The number of hydrazone groups is 1. The van der Waals surface area contributed by atoms with Crippen LogP contribution < -0.4 is 15.5 Å². The Morgan fingerprint density at radius 2 is 2.35 bits per heavy atom. The fraction of sp³-hybridized carbons (Fsp3) is 0.333. The minimum absolute atomic E-state index is 0.496. The van der Waals surface area contributed by atoms with Crippen molar-refractivity contribution < 1.29 is 4.74 Å². The predicted molar refractivity (Wildman–Crippen MR) is 85.1 cm³/mol. The Bertz CT molecular complexity index is 582. The number of benzene rings is 1. The number of nitrogens with zero attached hydrogens (tertiary/aromatic N) is 1. The van der Waals surface area contributed by atoms with Crippen LogP contribution in [0.25, 0.3) is 0 Å². The van der Waals surface area contributed by atoms with E-state index in [1.807, 2.05) is 24.3 Å². The predicted octanol–water partition coefficient (Wildman–Crippen LogP) is 2.93. The second kappa shape index (κ2) is 5.63. The fourth-order valence-corrected chi connectivity index (χ4v) is 2.81. The summed E-state index contributed by atoms with van der Waals surface area (Å²) in [6, 6.07) is 7.63. The van der Waals surface area contributed by atoms with Gasteiger partial charge in [0.25, 0.3) is 0 Å². The first kappa shape index (κ1) is 13.1. The van der Waals surface area contributed by atoms with Gasteiger partial charge in [-0.05, 0) is 43.1 Å². The summed E-state index contributed by atoms with van der Waals surface area (Å²) in [5.74, 6) is 2.10. The average molecular weight is 287 g/mol. The lowest BCUT2D eigenvalue weighted by atomic mass is 9.74. The summed E-state index contributed by atoms with van der Waals surface area (Å²) in [5, 5.41) is 7.98. The van der Waals surface area contributed by atoms with Gasteiger partial charge in [0.15, 0.2) is 5.11 Å². The molecule has 5 heteroatoms. The topological polar surface area (TPSA) is 45.6 Å². The molecule has 1 aromatic carbocycles. The third kappa shape index (κ3) is 2.67. The smallest absolute Gasteiger partial charge is 0.191 e. The van der Waals surface area contributed by atoms with E-state index in [0.29, 0.717) is 11.0 Å². The van der Waals surface area contributed by atoms with Gasteiger partial charge in [-0.1, -0.05) is 18.2 Å². The molecule has 0 radical (unpaired) electrons. The van der Waals surface area contributed by atoms with Crippen LogP contribution >= 0.6 is 12.2 Å². The van der Waals surface area contributed by atoms with Gasteiger partial charge in [-0.2, -0.15) is 5.10 Å². The highest BCUT2D eigenvalue weighted by Crippen LogP contribution is 2.40. The molecule has 0 spiro atoms. The zero-order valence-electron chi connectivity index (χ0n) is 11.3. The molecule has 1 aromatic rings. The summed E-state index contributed by atoms with van der Waals surface area (Å²) in [7, 11) is 1.64. The normalized spacial score (nSPS) is 24.9. The molecule has 0 aromatic heterocycles. The Morgan fingerprint density at radius 3 is 3.15 bits per heavy atom. The summed E-state index contributed by atoms with van der Waals surface area (Å²) >= 11 is 5.24. The summed E-state index contributed by atoms with van der Waals surface area (Å²) < 4.78 is 5.17. The number of fused-ring (bicyclic) bond motifs is 1. The van der Waals surface area contributed by atoms with Crippen LogP contribution in [-0.4, -0.2) is 17.9 Å². The first-order chi connectivity index (χ1) is 9.76. The number of ether oxygens (including phenoxy) is 1. The van der Waals surface area contributed by atoms with Crippen molar-refractivity contribution in [3.8, 4) is 5.75 Å². The summed E-state index contributed by atoms with van der Waals surface area (Å²) in [6.45, 7) is 0. The molecule has 20 heavy (non-hydrogen) atoms. The van der Waals surface area contributed by atoms with Gasteiger partial charge in [-0.25, -0.2) is 0 Å². The molecular weight excluding hydrogens is 270 g/mol. The fourth-order valence-electron chi connectivity index (χ4n) is 2.64. The van der Waals surface area contributed by atoms with Crippen molar-refractivity contribution in [3.63, 3.8) is 0 Å². The van der Waals surface area contributed by atoms with Gasteiger partial charge in [-0.3, -0.25) is 5.43 Å². The largest absolute Gasteiger partial charge is 0.497 e. The quantitative estimate of drug-likeness (QED) is 0.510. The highest BCUT2D eigenvalue weighted by Gasteiger charge is 2.37. The Hall–Kier alpha value is -1.88. The van der Waals surface area contributed by atoms with E-state index in [4.69, 9.17) is 17.0 Å². The molecule has 0 aliphatic heterocycles. The van der Waals surface area contributed by atoms with E-state index in [1.165, 1.54) is 12.1 Å². The van der Waals surface area contributed by atoms with Crippen LogP contribution in [0, 0.1) is 11.8 Å². The summed E-state index contributed by atoms with van der Waals surface area (Å²) in [5.41, 5.74) is 4.99. The van der Waals surface area contributed by atoms with Gasteiger partial charge in [0.2, 0.25) is 0 Å². The average Bonchev–Trinajstić information content (AvgIpc) is 2.81. The Labute approximate surface area is 123 Å². The molecule has 0 heterocycles. The second-order valence-corrected chi connectivity index (χ2v) is 5.46. The van der Waals surface area contributed by atoms with E-state index < -0.39 is 0 Å². The first-order valence-corrected chi connectivity index (χ1v) is 7.11. The molecule has 3 rings (SSSR count). The van der Waals surface area contributed by atoms with Crippen LogP contribution in [0.5, 0.6) is 5.75 Å². The second-order valence-electron chi connectivity index (χ2n) is 5.05. The summed E-state index contributed by atoms with van der Waals surface area (Å²) in [4.78, 5) is 0. The number of allylic oxidation sites excluding steroid dienone is 2. The van der Waals surface area contributed by atoms with E-state index in [9.17, 15) is 0 Å². The van der Waals surface area contributed by atoms with Crippen molar-refractivity contribution in [1.29, 1.82) is 0 Å². The molecule has 2 atom stereocenters. The standard InChI is InChI=1S/C15H17N3OS/c1-19-12-6-3-5-11(9-12)16-15(20)18-17-14-8-10-4-2-7-13(10)14/h2-3,5-7,9-10,13H,4,8H2,1H3,(H2,16,18,20)/b17-14-. The molecule has 2 N–H and O–H groups in total. The minimum atomic E-state index is 0.496. The number of nitrogens with one attached hydrogen (secondary N) is 2. The van der Waals surface area contributed by atoms with Gasteiger partial charge in [0.1, 0.15) is 5.75 Å². The Balaban J connectivity index is 1.55. The molecule has 2 aliphatic rings. The Morgan fingerprint density at radius 1 is 1.45 bits per heavy atom. The number of methoxy groups -OCH3 is 1. The van der Waals surface area contributed by atoms with E-state index in [0.717, 1.165) is 23.8 Å². The van der Waals surface area contributed by atoms with Crippen LogP contribution in [0.3, 0.4) is 0 Å². The molecule has 2 aliphatic carbocycles. The maximum Gasteiger partial charge on any atom is 0.191 e. The number of anilines is 1. The number of hydrogen-bond acceptors (Lipinski definition) is 3. The van der Waals surface area contributed by atoms with E-state index in [2.05, 4.69) is 28.0 Å². The van der Waals surface area contributed by atoms with Gasteiger partial charge < -0.3 is 10.1 Å². The zero-order valence-corrected chi connectivity index (χ0v) is 12.1. The lowest BCUT2D eigenvalue weighted by Crippen LogP contribution is -2.36. The van der Waals surface area contributed by atoms with E-state index >= 15 is 0 Å². The molecule has 0 saturated heterocycles. The molecule has 0 amide bonds. The third-order valence-corrected chi connectivity index (χ3v) is 3.97. The molecule has 2 unspecified atom stereocenters. The van der Waals surface area contributed by atoms with Crippen LogP contribution in [0.4, 0.5) is 5.69 Å². The van der Waals surface area contributed by atoms with Crippen molar-refractivity contribution in [1.82, 2.24) is 5.43 Å². The van der Waals surface area contributed by atoms with E-state index in [1.54, 1.807) is 7.11 Å². The van der Waals surface area contributed by atoms with Crippen molar-refractivity contribution in [2.45, 2.75) is 12.8 Å². The number of thiocarbonyl (C=S) groups is 1. The maximum atomic E-state index is 5.24. The number of rotatable bonds is 3. The summed E-state index contributed by atoms with van der Waals surface area (Å²) in [6.07, 6.45) is 6.75. The highest BCUT2D eigenvalue weighted by molar-refractivity contribution is 7.80. The zero-order chi connectivity index (χ0) is 13.9. The molecule has 104 valence electrons. The van der Waals surface area contributed by atoms with Crippen LogP contribution in [0.1, 0.15) is 12.8 Å². The van der Waals surface area contributed by atoms with Crippen molar-refractivity contribution >= 4 is 28.7 Å². The molecule has 1 fully saturated rings. The third-order valence-electron chi connectivity index (χ3n) is 3.77. The monoisotopic (exact) mass is 287 g/mol. The van der Waals surface area contributed by atoms with Gasteiger partial charge in [0.05, 0.1) is 7.11 Å². The van der Waals surface area contributed by atoms with Crippen LogP contribution in [-0.2, 0) is 0 Å². The molecule has 4 nitrogen and oxygen atoms in total.